The number of aliphatic hydroxyl groups excluding tert-OH is 1. The van der Waals surface area contributed by atoms with Crippen LogP contribution in [0.15, 0.2) is 18.5 Å². The van der Waals surface area contributed by atoms with E-state index in [1.807, 2.05) is 6.07 Å². The van der Waals surface area contributed by atoms with Crippen molar-refractivity contribution in [2.75, 3.05) is 12.3 Å². The molecule has 0 amide bonds. The number of phosphoric ester groups is 1. The number of anilines is 1. The highest BCUT2D eigenvalue weighted by molar-refractivity contribution is 7.55. The summed E-state index contributed by atoms with van der Waals surface area (Å²) in [6, 6.07) is 4.95. The van der Waals surface area contributed by atoms with Crippen molar-refractivity contribution in [3.63, 3.8) is 0 Å². The summed E-state index contributed by atoms with van der Waals surface area (Å²) in [4.78, 5) is 21.7. The summed E-state index contributed by atoms with van der Waals surface area (Å²) >= 11 is 0. The molecule has 3 heterocycles. The molecular weight excluding hydrogens is 404 g/mol. The van der Waals surface area contributed by atoms with Crippen LogP contribution in [0.2, 0.25) is 0 Å². The average Bonchev–Trinajstić information content (AvgIpc) is 3.15. The van der Waals surface area contributed by atoms with Crippen LogP contribution in [0.1, 0.15) is 12.1 Å². The first-order valence-electron chi connectivity index (χ1n) is 7.37. The second-order valence-corrected chi connectivity index (χ2v) is 7.91. The zero-order valence-electron chi connectivity index (χ0n) is 13.4. The van der Waals surface area contributed by atoms with Crippen molar-refractivity contribution in [2.45, 2.75) is 24.2 Å². The van der Waals surface area contributed by atoms with Gasteiger partial charge in [0.15, 0.2) is 5.82 Å². The monoisotopic (exact) mass is 418 g/mol. The number of phosphoric acid groups is 1. The molecule has 1 aliphatic rings. The van der Waals surface area contributed by atoms with Crippen LogP contribution >= 0.6 is 16.1 Å². The number of fused-ring (bicyclic) bond motifs is 1. The van der Waals surface area contributed by atoms with Crippen LogP contribution in [0.3, 0.4) is 0 Å². The maximum atomic E-state index is 11.5. The van der Waals surface area contributed by atoms with E-state index in [2.05, 4.69) is 18.9 Å². The number of rotatable bonds is 6. The van der Waals surface area contributed by atoms with E-state index in [4.69, 9.17) is 15.4 Å². The van der Waals surface area contributed by atoms with E-state index in [0.29, 0.717) is 5.52 Å². The Morgan fingerprint density at radius 1 is 1.59 bits per heavy atom. The van der Waals surface area contributed by atoms with Gasteiger partial charge < -0.3 is 15.6 Å². The van der Waals surface area contributed by atoms with Crippen LogP contribution in [0.4, 0.5) is 5.82 Å². The second-order valence-electron chi connectivity index (χ2n) is 5.58. The fourth-order valence-corrected chi connectivity index (χ4v) is 4.07. The van der Waals surface area contributed by atoms with Gasteiger partial charge in [-0.25, -0.2) is 14.1 Å². The summed E-state index contributed by atoms with van der Waals surface area (Å²) in [6.45, 7) is -0.572. The van der Waals surface area contributed by atoms with E-state index < -0.39 is 40.5 Å². The summed E-state index contributed by atoms with van der Waals surface area (Å²) in [5, 5.41) is 24.1. The molecule has 2 unspecified atom stereocenters. The lowest BCUT2D eigenvalue weighted by molar-refractivity contribution is -0.0622. The molecule has 0 aliphatic carbocycles. The third kappa shape index (κ3) is 3.70. The van der Waals surface area contributed by atoms with E-state index in [1.165, 1.54) is 16.9 Å². The van der Waals surface area contributed by atoms with Crippen LogP contribution in [-0.4, -0.2) is 48.3 Å². The first kappa shape index (κ1) is 19.8. The summed E-state index contributed by atoms with van der Waals surface area (Å²) in [6.07, 6.45) is -1.25. The molecule has 0 bridgehead atoms. The quantitative estimate of drug-likeness (QED) is 0.457. The van der Waals surface area contributed by atoms with Crippen LogP contribution < -0.4 is 5.73 Å². The molecule has 0 spiro atoms. The highest BCUT2D eigenvalue weighted by atomic mass is 31.2. The smallest absolute Gasteiger partial charge is 0.388 e. The lowest BCUT2D eigenvalue weighted by atomic mass is 9.94. The summed E-state index contributed by atoms with van der Waals surface area (Å²) in [5.41, 5.74) is 4.50. The Morgan fingerprint density at radius 2 is 2.33 bits per heavy atom. The van der Waals surface area contributed by atoms with E-state index in [9.17, 15) is 24.4 Å². The third-order valence-corrected chi connectivity index (χ3v) is 5.79. The Labute approximate surface area is 152 Å². The van der Waals surface area contributed by atoms with Crippen LogP contribution in [0.25, 0.3) is 5.52 Å². The van der Waals surface area contributed by atoms with Gasteiger partial charge in [-0.15, -0.1) is 4.89 Å². The molecule has 13 nitrogen and oxygen atoms in total. The topological polar surface area (TPSA) is 203 Å². The Kier molecular flexibility index (Phi) is 5.27. The molecule has 1 aliphatic heterocycles. The summed E-state index contributed by atoms with van der Waals surface area (Å²) in [7, 11) is -8.15. The van der Waals surface area contributed by atoms with Gasteiger partial charge >= 0.3 is 16.1 Å². The molecule has 144 valence electrons. The predicted molar refractivity (Wildman–Crippen MR) is 86.9 cm³/mol. The average molecular weight is 418 g/mol. The van der Waals surface area contributed by atoms with E-state index >= 15 is 0 Å². The zero-order valence-corrected chi connectivity index (χ0v) is 15.2. The van der Waals surface area contributed by atoms with Gasteiger partial charge in [0.25, 0.3) is 0 Å². The molecule has 2 aromatic heterocycles. The molecule has 1 saturated heterocycles. The van der Waals surface area contributed by atoms with E-state index in [1.54, 1.807) is 6.07 Å². The van der Waals surface area contributed by atoms with E-state index in [0.717, 1.165) is 0 Å². The maximum absolute atomic E-state index is 11.5. The minimum absolute atomic E-state index is 0.118. The van der Waals surface area contributed by atoms with Gasteiger partial charge in [0.2, 0.25) is 5.60 Å². The number of ether oxygens (including phenoxy) is 1. The minimum atomic E-state index is -4.80. The van der Waals surface area contributed by atoms with Crippen molar-refractivity contribution in [3.05, 3.63) is 24.2 Å². The highest BCUT2D eigenvalue weighted by Gasteiger charge is 2.52. The van der Waals surface area contributed by atoms with Crippen LogP contribution in [-0.2, 0) is 28.3 Å². The van der Waals surface area contributed by atoms with Crippen molar-refractivity contribution in [3.8, 4) is 6.07 Å². The van der Waals surface area contributed by atoms with Crippen LogP contribution in [0, 0.1) is 11.3 Å². The van der Waals surface area contributed by atoms with Gasteiger partial charge in [-0.2, -0.15) is 10.4 Å². The van der Waals surface area contributed by atoms with E-state index in [-0.39, 0.29) is 17.9 Å². The molecule has 0 saturated carbocycles. The van der Waals surface area contributed by atoms with Crippen molar-refractivity contribution in [2.24, 2.45) is 0 Å². The predicted octanol–water partition coefficient (Wildman–Crippen LogP) is -0.0365. The van der Waals surface area contributed by atoms with Gasteiger partial charge in [0.1, 0.15) is 24.0 Å². The molecule has 0 radical (unpaired) electrons. The van der Waals surface area contributed by atoms with Gasteiger partial charge in [0, 0.05) is 11.0 Å². The molecule has 27 heavy (non-hydrogen) atoms. The Bertz CT molecular complexity index is 976. The number of nitrogens with two attached hydrogens (primary N) is 1. The number of nitrogen functional groups attached to an aromatic ring is 1. The number of nitriles is 1. The molecule has 5 atom stereocenters. The summed E-state index contributed by atoms with van der Waals surface area (Å²) in [5.74, 6) is 0.160. The highest BCUT2D eigenvalue weighted by Crippen LogP contribution is 2.51. The van der Waals surface area contributed by atoms with Crippen LogP contribution in [0.5, 0.6) is 0 Å². The molecule has 15 heteroatoms. The Morgan fingerprint density at radius 3 is 3.00 bits per heavy atom. The lowest BCUT2D eigenvalue weighted by Crippen LogP contribution is -2.36. The number of hydrogen-bond acceptors (Lipinski definition) is 10. The summed E-state index contributed by atoms with van der Waals surface area (Å²) < 4.78 is 37.4. The Balaban J connectivity index is 1.84. The van der Waals surface area contributed by atoms with Gasteiger partial charge in [-0.3, -0.25) is 9.42 Å². The lowest BCUT2D eigenvalue weighted by Gasteiger charge is -2.24. The Hall–Kier alpha value is -2.00. The van der Waals surface area contributed by atoms with Crippen molar-refractivity contribution in [1.29, 1.82) is 5.26 Å². The zero-order chi connectivity index (χ0) is 19.8. The number of aromatic nitrogens is 3. The first-order chi connectivity index (χ1) is 12.7. The second kappa shape index (κ2) is 7.20. The van der Waals surface area contributed by atoms with Gasteiger partial charge in [-0.05, 0) is 16.4 Å². The first-order valence-corrected chi connectivity index (χ1v) is 10.00. The largest absolute Gasteiger partial charge is 0.705 e. The molecule has 0 aromatic carbocycles. The van der Waals surface area contributed by atoms with Crippen molar-refractivity contribution >= 4 is 27.4 Å². The van der Waals surface area contributed by atoms with Gasteiger partial charge in [-0.1, -0.05) is 0 Å². The number of nitrogens with zero attached hydrogens (tertiary/aromatic N) is 4. The molecular formula is C12H14N5O8P2+. The fourth-order valence-electron chi connectivity index (χ4n) is 2.82. The number of aliphatic hydroxyl groups is 1. The SMILES string of the molecule is N#C[C@@]1(c2ccc3c(N)ncnn23)O[C@H](COP(=O)(O)O[P+](=O)O)C[C@H]1O. The standard InChI is InChI=1S/C12H13N5O8P2/c13-5-12(9-2-1-8-11(14)15-6-16-17(8)9)10(18)3-7(24-12)4-23-27(21,22)25-26(19)20/h1-2,6-7,10,18H,3-4H2,(H3-,14,15,16,19,20,21,22)/p+1/t7-,10+,12-/m0/s1. The maximum Gasteiger partial charge on any atom is 0.705 e. The van der Waals surface area contributed by atoms with Crippen molar-refractivity contribution in [1.82, 2.24) is 14.6 Å². The van der Waals surface area contributed by atoms with Gasteiger partial charge in [0.05, 0.1) is 18.4 Å². The third-order valence-electron chi connectivity index (χ3n) is 3.93. The fraction of sp³-hybridized carbons (Fsp3) is 0.417. The minimum Gasteiger partial charge on any atom is -0.388 e. The molecule has 5 N–H and O–H groups in total. The number of hydrogen-bond donors (Lipinski definition) is 4. The molecule has 2 aromatic rings. The normalized spacial score (nSPS) is 28.0. The molecule has 1 fully saturated rings. The molecule has 3 rings (SSSR count). The van der Waals surface area contributed by atoms with Crippen molar-refractivity contribution < 1.29 is 37.6 Å².